The summed E-state index contributed by atoms with van der Waals surface area (Å²) in [6, 6.07) is 10.9. The number of carbonyl (C=O) groups excluding carboxylic acids is 1. The van der Waals surface area contributed by atoms with E-state index in [2.05, 4.69) is 15.5 Å². The molecule has 23 heavy (non-hydrogen) atoms. The molecule has 116 valence electrons. The highest BCUT2D eigenvalue weighted by molar-refractivity contribution is 5.94. The number of carbonyl (C=O) groups is 1. The van der Waals surface area contributed by atoms with Gasteiger partial charge in [-0.2, -0.15) is 4.98 Å². The van der Waals surface area contributed by atoms with Crippen molar-refractivity contribution in [2.24, 2.45) is 0 Å². The maximum atomic E-state index is 13.1. The largest absolute Gasteiger partial charge is 0.345 e. The molecule has 1 heterocycles. The van der Waals surface area contributed by atoms with Gasteiger partial charge < -0.3 is 9.84 Å². The Hall–Kier alpha value is -3.09. The van der Waals surface area contributed by atoms with Crippen LogP contribution in [-0.4, -0.2) is 16.0 Å². The molecular formula is C16H11F2N3O2. The van der Waals surface area contributed by atoms with E-state index in [1.807, 2.05) is 0 Å². The second-order valence-corrected chi connectivity index (χ2v) is 4.72. The zero-order valence-electron chi connectivity index (χ0n) is 11.8. The average Bonchev–Trinajstić information content (AvgIpc) is 3.02. The number of nitrogens with one attached hydrogen (secondary N) is 1. The van der Waals surface area contributed by atoms with Crippen LogP contribution in [-0.2, 0) is 6.54 Å². The summed E-state index contributed by atoms with van der Waals surface area (Å²) in [5.41, 5.74) is 0.772. The van der Waals surface area contributed by atoms with Crippen molar-refractivity contribution in [3.05, 3.63) is 71.6 Å². The Labute approximate surface area is 130 Å². The van der Waals surface area contributed by atoms with Crippen molar-refractivity contribution < 1.29 is 18.1 Å². The minimum absolute atomic E-state index is 0.0278. The van der Waals surface area contributed by atoms with Gasteiger partial charge >= 0.3 is 0 Å². The van der Waals surface area contributed by atoms with Crippen molar-refractivity contribution in [2.75, 3.05) is 0 Å². The Morgan fingerprint density at radius 2 is 1.87 bits per heavy atom. The van der Waals surface area contributed by atoms with Crippen LogP contribution in [0.15, 0.2) is 53.1 Å². The Balaban J connectivity index is 1.65. The van der Waals surface area contributed by atoms with Crippen LogP contribution in [0.2, 0.25) is 0 Å². The van der Waals surface area contributed by atoms with Crippen molar-refractivity contribution in [1.29, 1.82) is 0 Å². The normalized spacial score (nSPS) is 10.5. The summed E-state index contributed by atoms with van der Waals surface area (Å²) in [6.07, 6.45) is 0. The second-order valence-electron chi connectivity index (χ2n) is 4.72. The summed E-state index contributed by atoms with van der Waals surface area (Å²) >= 11 is 0. The van der Waals surface area contributed by atoms with E-state index >= 15 is 0 Å². The first-order chi connectivity index (χ1) is 11.1. The Morgan fingerprint density at radius 3 is 2.61 bits per heavy atom. The van der Waals surface area contributed by atoms with E-state index in [-0.39, 0.29) is 29.6 Å². The van der Waals surface area contributed by atoms with E-state index in [9.17, 15) is 13.6 Å². The summed E-state index contributed by atoms with van der Waals surface area (Å²) in [6.45, 7) is 0.0278. The fourth-order valence-corrected chi connectivity index (χ4v) is 1.93. The van der Waals surface area contributed by atoms with Gasteiger partial charge in [0.1, 0.15) is 11.6 Å². The van der Waals surface area contributed by atoms with E-state index in [0.29, 0.717) is 5.56 Å². The van der Waals surface area contributed by atoms with Gasteiger partial charge in [0.25, 0.3) is 11.8 Å². The maximum Gasteiger partial charge on any atom is 0.257 e. The molecule has 2 aromatic carbocycles. The number of nitrogens with zero attached hydrogens (tertiary/aromatic N) is 2. The summed E-state index contributed by atoms with van der Waals surface area (Å²) in [5, 5.41) is 6.30. The highest BCUT2D eigenvalue weighted by Gasteiger charge is 2.11. The van der Waals surface area contributed by atoms with E-state index in [1.165, 1.54) is 42.5 Å². The predicted molar refractivity (Wildman–Crippen MR) is 77.3 cm³/mol. The average molecular weight is 315 g/mol. The molecule has 3 aromatic rings. The zero-order chi connectivity index (χ0) is 16.2. The highest BCUT2D eigenvalue weighted by atomic mass is 19.1. The Kier molecular flexibility index (Phi) is 4.09. The molecule has 1 amide bonds. The van der Waals surface area contributed by atoms with Gasteiger partial charge in [-0.3, -0.25) is 4.79 Å². The van der Waals surface area contributed by atoms with Crippen molar-refractivity contribution in [3.8, 4) is 11.5 Å². The second kappa shape index (κ2) is 6.35. The Bertz CT molecular complexity index is 831. The standard InChI is InChI=1S/C16H11F2N3O2/c17-12-6-4-10(5-7-12)16-20-14(21-23-16)9-19-15(22)11-2-1-3-13(18)8-11/h1-8H,9H2,(H,19,22). The smallest absolute Gasteiger partial charge is 0.257 e. The fourth-order valence-electron chi connectivity index (χ4n) is 1.93. The lowest BCUT2D eigenvalue weighted by Crippen LogP contribution is -2.23. The zero-order valence-corrected chi connectivity index (χ0v) is 11.8. The van der Waals surface area contributed by atoms with Crippen LogP contribution in [0.4, 0.5) is 8.78 Å². The lowest BCUT2D eigenvalue weighted by Gasteiger charge is -2.02. The number of amides is 1. The summed E-state index contributed by atoms with van der Waals surface area (Å²) < 4.78 is 31.0. The molecule has 0 fully saturated rings. The van der Waals surface area contributed by atoms with Crippen molar-refractivity contribution in [3.63, 3.8) is 0 Å². The van der Waals surface area contributed by atoms with Crippen LogP contribution in [0.25, 0.3) is 11.5 Å². The van der Waals surface area contributed by atoms with Crippen LogP contribution in [0.1, 0.15) is 16.2 Å². The third-order valence-corrected chi connectivity index (χ3v) is 3.05. The molecule has 0 aliphatic carbocycles. The van der Waals surface area contributed by atoms with Gasteiger partial charge in [-0.1, -0.05) is 11.2 Å². The predicted octanol–water partition coefficient (Wildman–Crippen LogP) is 2.94. The van der Waals surface area contributed by atoms with Crippen LogP contribution >= 0.6 is 0 Å². The quantitative estimate of drug-likeness (QED) is 0.804. The lowest BCUT2D eigenvalue weighted by atomic mass is 10.2. The molecule has 0 saturated heterocycles. The molecule has 5 nitrogen and oxygen atoms in total. The molecule has 0 aliphatic rings. The summed E-state index contributed by atoms with van der Waals surface area (Å²) in [7, 11) is 0. The molecule has 0 bridgehead atoms. The highest BCUT2D eigenvalue weighted by Crippen LogP contribution is 2.17. The van der Waals surface area contributed by atoms with Crippen LogP contribution in [0.3, 0.4) is 0 Å². The minimum atomic E-state index is -0.490. The van der Waals surface area contributed by atoms with E-state index in [0.717, 1.165) is 6.07 Å². The third-order valence-electron chi connectivity index (χ3n) is 3.05. The molecule has 3 rings (SSSR count). The molecule has 0 unspecified atom stereocenters. The number of rotatable bonds is 4. The molecule has 0 atom stereocenters. The van der Waals surface area contributed by atoms with Crippen LogP contribution < -0.4 is 5.32 Å². The number of hydrogen-bond acceptors (Lipinski definition) is 4. The monoisotopic (exact) mass is 315 g/mol. The van der Waals surface area contributed by atoms with E-state index in [4.69, 9.17) is 4.52 Å². The van der Waals surface area contributed by atoms with Crippen LogP contribution in [0.5, 0.6) is 0 Å². The number of aromatic nitrogens is 2. The first-order valence-corrected chi connectivity index (χ1v) is 6.74. The van der Waals surface area contributed by atoms with Gasteiger partial charge in [0.05, 0.1) is 6.54 Å². The number of hydrogen-bond donors (Lipinski definition) is 1. The summed E-state index contributed by atoms with van der Waals surface area (Å²) in [5.74, 6) is -0.821. The van der Waals surface area contributed by atoms with Gasteiger partial charge in [-0.05, 0) is 42.5 Å². The van der Waals surface area contributed by atoms with Gasteiger partial charge in [-0.25, -0.2) is 8.78 Å². The van der Waals surface area contributed by atoms with Gasteiger partial charge in [0, 0.05) is 11.1 Å². The number of halogens is 2. The maximum absolute atomic E-state index is 13.1. The van der Waals surface area contributed by atoms with Crippen molar-refractivity contribution >= 4 is 5.91 Å². The third kappa shape index (κ3) is 3.57. The molecule has 0 spiro atoms. The minimum Gasteiger partial charge on any atom is -0.345 e. The molecule has 0 saturated carbocycles. The SMILES string of the molecule is O=C(NCc1noc(-c2ccc(F)cc2)n1)c1cccc(F)c1. The number of benzene rings is 2. The molecular weight excluding hydrogens is 304 g/mol. The van der Waals surface area contributed by atoms with Crippen molar-refractivity contribution in [2.45, 2.75) is 6.54 Å². The van der Waals surface area contributed by atoms with Crippen molar-refractivity contribution in [1.82, 2.24) is 15.5 Å². The van der Waals surface area contributed by atoms with Gasteiger partial charge in [-0.15, -0.1) is 0 Å². The van der Waals surface area contributed by atoms with E-state index in [1.54, 1.807) is 0 Å². The molecule has 0 aliphatic heterocycles. The summed E-state index contributed by atoms with van der Waals surface area (Å²) in [4.78, 5) is 16.0. The molecule has 1 aromatic heterocycles. The molecule has 0 radical (unpaired) electrons. The van der Waals surface area contributed by atoms with Crippen LogP contribution in [0, 0.1) is 11.6 Å². The molecule has 7 heteroatoms. The lowest BCUT2D eigenvalue weighted by molar-refractivity contribution is 0.0949. The first kappa shape index (κ1) is 14.8. The van der Waals surface area contributed by atoms with Gasteiger partial charge in [0.2, 0.25) is 0 Å². The Morgan fingerprint density at radius 1 is 1.09 bits per heavy atom. The van der Waals surface area contributed by atoms with E-state index < -0.39 is 11.7 Å². The van der Waals surface area contributed by atoms with Gasteiger partial charge in [0.15, 0.2) is 5.82 Å². The topological polar surface area (TPSA) is 68.0 Å². The first-order valence-electron chi connectivity index (χ1n) is 6.74. The molecule has 1 N–H and O–H groups in total. The fraction of sp³-hybridized carbons (Fsp3) is 0.0625.